The van der Waals surface area contributed by atoms with Gasteiger partial charge in [-0.15, -0.1) is 0 Å². The number of nitrogens with zero attached hydrogens (tertiary/aromatic N) is 4. The second-order valence-corrected chi connectivity index (χ2v) is 13.5. The zero-order chi connectivity index (χ0) is 28.3. The fourth-order valence-electron chi connectivity index (χ4n) is 5.10. The Morgan fingerprint density at radius 2 is 1.62 bits per heavy atom. The third-order valence-corrected chi connectivity index (χ3v) is 9.88. The molecule has 1 aliphatic heterocycles. The van der Waals surface area contributed by atoms with Crippen LogP contribution in [0.4, 0.5) is 5.13 Å². The molecular weight excluding hydrogens is 536 g/mol. The molecule has 39 heavy (non-hydrogen) atoms. The largest absolute Gasteiger partial charge is 0.495 e. The average Bonchev–Trinajstić information content (AvgIpc) is 3.35. The number of anilines is 1. The lowest BCUT2D eigenvalue weighted by Gasteiger charge is -2.34. The highest BCUT2D eigenvalue weighted by Crippen LogP contribution is 2.40. The van der Waals surface area contributed by atoms with E-state index in [1.807, 2.05) is 20.2 Å². The Hall–Kier alpha value is -2.73. The Morgan fingerprint density at radius 1 is 1.00 bits per heavy atom. The summed E-state index contributed by atoms with van der Waals surface area (Å²) >= 11 is 1.37. The third kappa shape index (κ3) is 6.37. The molecule has 9 nitrogen and oxygen atoms in total. The average molecular weight is 575 g/mol. The van der Waals surface area contributed by atoms with Crippen LogP contribution in [-0.4, -0.2) is 83.0 Å². The van der Waals surface area contributed by atoms with E-state index in [2.05, 4.69) is 18.7 Å². The van der Waals surface area contributed by atoms with E-state index in [-0.39, 0.29) is 10.8 Å². The number of benzene rings is 2. The Kier molecular flexibility index (Phi) is 9.15. The Morgan fingerprint density at radius 3 is 2.21 bits per heavy atom. The van der Waals surface area contributed by atoms with Gasteiger partial charge in [0.2, 0.25) is 10.0 Å². The van der Waals surface area contributed by atoms with E-state index in [1.165, 1.54) is 23.5 Å². The summed E-state index contributed by atoms with van der Waals surface area (Å²) in [6, 6.07) is 9.89. The van der Waals surface area contributed by atoms with E-state index in [9.17, 15) is 13.2 Å². The van der Waals surface area contributed by atoms with Crippen molar-refractivity contribution in [3.05, 3.63) is 42.0 Å². The van der Waals surface area contributed by atoms with E-state index >= 15 is 0 Å². The number of hydrogen-bond donors (Lipinski definition) is 0. The molecule has 2 unspecified atom stereocenters. The van der Waals surface area contributed by atoms with E-state index in [0.29, 0.717) is 59.2 Å². The van der Waals surface area contributed by atoms with Gasteiger partial charge in [0.15, 0.2) is 5.13 Å². The fourth-order valence-corrected chi connectivity index (χ4v) is 7.87. The lowest BCUT2D eigenvalue weighted by molar-refractivity contribution is 0.0986. The van der Waals surface area contributed by atoms with Gasteiger partial charge in [-0.25, -0.2) is 13.4 Å². The molecule has 11 heteroatoms. The second-order valence-electron chi connectivity index (χ2n) is 10.6. The molecule has 2 heterocycles. The van der Waals surface area contributed by atoms with Gasteiger partial charge in [-0.1, -0.05) is 25.2 Å². The van der Waals surface area contributed by atoms with Crippen molar-refractivity contribution in [3.8, 4) is 11.5 Å². The number of carbonyl (C=O) groups is 1. The number of thiazole rings is 1. The van der Waals surface area contributed by atoms with Crippen molar-refractivity contribution in [3.63, 3.8) is 0 Å². The summed E-state index contributed by atoms with van der Waals surface area (Å²) in [7, 11) is 3.53. The van der Waals surface area contributed by atoms with Gasteiger partial charge < -0.3 is 14.4 Å². The van der Waals surface area contributed by atoms with Crippen molar-refractivity contribution >= 4 is 42.6 Å². The van der Waals surface area contributed by atoms with Gasteiger partial charge in [0, 0.05) is 25.2 Å². The molecule has 0 aliphatic carbocycles. The zero-order valence-corrected chi connectivity index (χ0v) is 25.1. The molecule has 0 radical (unpaired) electrons. The van der Waals surface area contributed by atoms with Crippen LogP contribution in [0.1, 0.15) is 37.0 Å². The van der Waals surface area contributed by atoms with Gasteiger partial charge >= 0.3 is 0 Å². The summed E-state index contributed by atoms with van der Waals surface area (Å²) in [4.78, 5) is 22.5. The normalized spacial score (nSPS) is 18.4. The van der Waals surface area contributed by atoms with Crippen LogP contribution < -0.4 is 14.4 Å². The molecule has 1 amide bonds. The van der Waals surface area contributed by atoms with Gasteiger partial charge in [0.1, 0.15) is 21.7 Å². The van der Waals surface area contributed by atoms with Gasteiger partial charge in [0.05, 0.1) is 19.1 Å². The molecule has 212 valence electrons. The first-order chi connectivity index (χ1) is 18.5. The zero-order valence-electron chi connectivity index (χ0n) is 23.5. The number of fused-ring (bicyclic) bond motifs is 1. The molecule has 0 saturated carbocycles. The quantitative estimate of drug-likeness (QED) is 0.350. The number of rotatable bonds is 10. The number of methoxy groups -OCH3 is 2. The number of carbonyl (C=O) groups excluding carboxylic acids is 1. The molecule has 1 aromatic heterocycles. The van der Waals surface area contributed by atoms with Crippen molar-refractivity contribution in [2.45, 2.75) is 31.6 Å². The van der Waals surface area contributed by atoms with Gasteiger partial charge in [-0.05, 0) is 81.7 Å². The van der Waals surface area contributed by atoms with Crippen LogP contribution in [-0.2, 0) is 10.0 Å². The van der Waals surface area contributed by atoms with Gasteiger partial charge in [-0.3, -0.25) is 9.69 Å². The van der Waals surface area contributed by atoms with Crippen LogP contribution >= 0.6 is 11.3 Å². The smallest absolute Gasteiger partial charge is 0.260 e. The van der Waals surface area contributed by atoms with Gasteiger partial charge in [0.25, 0.3) is 5.91 Å². The van der Waals surface area contributed by atoms with Crippen molar-refractivity contribution in [2.75, 3.05) is 59.4 Å². The minimum absolute atomic E-state index is 0.203. The Labute approximate surface area is 235 Å². The van der Waals surface area contributed by atoms with E-state index < -0.39 is 10.0 Å². The number of ether oxygens (including phenoxy) is 2. The second kappa shape index (κ2) is 12.2. The van der Waals surface area contributed by atoms with Crippen LogP contribution in [0.2, 0.25) is 0 Å². The molecule has 2 aromatic carbocycles. The monoisotopic (exact) mass is 574 g/mol. The predicted molar refractivity (Wildman–Crippen MR) is 156 cm³/mol. The number of sulfonamides is 1. The first kappa shape index (κ1) is 29.3. The summed E-state index contributed by atoms with van der Waals surface area (Å²) in [5, 5.41) is 0.532. The summed E-state index contributed by atoms with van der Waals surface area (Å²) in [6.07, 6.45) is 1.76. The van der Waals surface area contributed by atoms with Crippen molar-refractivity contribution in [2.24, 2.45) is 11.8 Å². The maximum absolute atomic E-state index is 13.8. The predicted octanol–water partition coefficient (Wildman–Crippen LogP) is 4.58. The maximum Gasteiger partial charge on any atom is 0.260 e. The highest BCUT2D eigenvalue weighted by atomic mass is 32.2. The lowest BCUT2D eigenvalue weighted by Crippen LogP contribution is -2.42. The summed E-state index contributed by atoms with van der Waals surface area (Å²) in [5.74, 6) is 1.64. The summed E-state index contributed by atoms with van der Waals surface area (Å²) < 4.78 is 40.1. The molecule has 1 fully saturated rings. The molecule has 0 N–H and O–H groups in total. The van der Waals surface area contributed by atoms with E-state index in [1.54, 1.807) is 41.6 Å². The molecular formula is C28H38N4O5S2. The van der Waals surface area contributed by atoms with Gasteiger partial charge in [-0.2, -0.15) is 4.31 Å². The first-order valence-electron chi connectivity index (χ1n) is 13.1. The molecule has 3 aromatic rings. The van der Waals surface area contributed by atoms with Crippen LogP contribution in [0.5, 0.6) is 11.5 Å². The number of amides is 1. The number of aromatic nitrogens is 1. The van der Waals surface area contributed by atoms with Crippen LogP contribution in [0.3, 0.4) is 0 Å². The van der Waals surface area contributed by atoms with E-state index in [4.69, 9.17) is 14.5 Å². The number of hydrogen-bond acceptors (Lipinski definition) is 8. The van der Waals surface area contributed by atoms with Crippen LogP contribution in [0, 0.1) is 11.8 Å². The molecule has 0 bridgehead atoms. The summed E-state index contributed by atoms with van der Waals surface area (Å²) in [6.45, 7) is 6.43. The summed E-state index contributed by atoms with van der Waals surface area (Å²) in [5.41, 5.74) is 1.03. The van der Waals surface area contributed by atoms with E-state index in [0.717, 1.165) is 24.1 Å². The maximum atomic E-state index is 13.8. The Balaban J connectivity index is 1.65. The molecule has 1 saturated heterocycles. The molecule has 4 rings (SSSR count). The molecule has 2 atom stereocenters. The van der Waals surface area contributed by atoms with Crippen molar-refractivity contribution in [1.82, 2.24) is 14.2 Å². The molecule has 0 spiro atoms. The topological polar surface area (TPSA) is 92.3 Å². The fraction of sp³-hybridized carbons (Fsp3) is 0.500. The first-order valence-corrected chi connectivity index (χ1v) is 15.4. The minimum Gasteiger partial charge on any atom is -0.495 e. The highest BCUT2D eigenvalue weighted by Gasteiger charge is 2.32. The Bertz CT molecular complexity index is 1350. The SMILES string of the molecule is COc1ccc(OC)c2sc(N(CCCN(C)C)C(=O)c3ccc(S(=O)(=O)N4CC(C)CC(C)C4)cc3)nc12. The highest BCUT2D eigenvalue weighted by molar-refractivity contribution is 7.89. The molecule has 1 aliphatic rings. The van der Waals surface area contributed by atoms with Crippen LogP contribution in [0.25, 0.3) is 10.2 Å². The lowest BCUT2D eigenvalue weighted by atomic mass is 9.94. The standard InChI is InChI=1S/C28H38N4O5S2/c1-19-16-20(2)18-31(17-19)39(34,35)22-10-8-21(9-11-22)27(33)32(15-7-14-30(3)4)28-29-25-23(36-5)12-13-24(37-6)26(25)38-28/h8-13,19-20H,7,14-18H2,1-6H3. The third-order valence-electron chi connectivity index (χ3n) is 6.94. The van der Waals surface area contributed by atoms with Crippen molar-refractivity contribution in [1.29, 1.82) is 0 Å². The minimum atomic E-state index is -3.63. The van der Waals surface area contributed by atoms with Crippen LogP contribution in [0.15, 0.2) is 41.3 Å². The number of piperidine rings is 1. The van der Waals surface area contributed by atoms with Crippen molar-refractivity contribution < 1.29 is 22.7 Å².